The van der Waals surface area contributed by atoms with Crippen LogP contribution in [0.2, 0.25) is 0 Å². The van der Waals surface area contributed by atoms with Crippen LogP contribution in [-0.2, 0) is 20.7 Å². The van der Waals surface area contributed by atoms with Crippen molar-refractivity contribution in [2.24, 2.45) is 4.99 Å². The Hall–Kier alpha value is -3.26. The maximum absolute atomic E-state index is 11.9. The third-order valence-electron chi connectivity index (χ3n) is 3.98. The lowest BCUT2D eigenvalue weighted by Crippen LogP contribution is -2.26. The number of halogens is 2. The number of hydrogen-bond donors (Lipinski definition) is 1. The van der Waals surface area contributed by atoms with E-state index < -0.39 is 17.5 Å². The molecule has 0 aliphatic rings. The van der Waals surface area contributed by atoms with E-state index in [-0.39, 0.29) is 5.76 Å². The predicted molar refractivity (Wildman–Crippen MR) is 126 cm³/mol. The second kappa shape index (κ2) is 17.4. The molecule has 1 N–H and O–H groups in total. The van der Waals surface area contributed by atoms with Crippen LogP contribution in [0.5, 0.6) is 0 Å². The summed E-state index contributed by atoms with van der Waals surface area (Å²) in [4.78, 5) is 16.8. The van der Waals surface area contributed by atoms with Gasteiger partial charge in [0.1, 0.15) is 0 Å². The summed E-state index contributed by atoms with van der Waals surface area (Å²) in [5.74, 6) is -1.89. The number of aryl methyl sites for hydroxylation is 1. The molecule has 0 fully saturated rings. The lowest BCUT2D eigenvalue weighted by Gasteiger charge is -2.21. The first-order valence-electron chi connectivity index (χ1n) is 10.0. The van der Waals surface area contributed by atoms with E-state index in [9.17, 15) is 13.6 Å². The Morgan fingerprint density at radius 1 is 1.06 bits per heavy atom. The van der Waals surface area contributed by atoms with Crippen LogP contribution in [0.25, 0.3) is 0 Å². The zero-order valence-electron chi connectivity index (χ0n) is 19.4. The van der Waals surface area contributed by atoms with Gasteiger partial charge in [-0.25, -0.2) is 13.8 Å². The molecule has 0 aliphatic carbocycles. The summed E-state index contributed by atoms with van der Waals surface area (Å²) < 4.78 is 33.2. The molecule has 6 nitrogen and oxygen atoms in total. The molecule has 0 spiro atoms. The number of nitrogens with one attached hydrogen (secondary N) is 1. The first-order chi connectivity index (χ1) is 15.4. The first-order valence-corrected chi connectivity index (χ1v) is 10.0. The summed E-state index contributed by atoms with van der Waals surface area (Å²) in [5.41, 5.74) is 2.35. The van der Waals surface area contributed by atoms with E-state index >= 15 is 0 Å². The van der Waals surface area contributed by atoms with Gasteiger partial charge in [-0.1, -0.05) is 37.3 Å². The van der Waals surface area contributed by atoms with Crippen molar-refractivity contribution in [2.75, 3.05) is 39.9 Å². The number of nitrogens with zero attached hydrogens (tertiary/aromatic N) is 2. The molecule has 0 aliphatic heterocycles. The highest BCUT2D eigenvalue weighted by Crippen LogP contribution is 2.15. The lowest BCUT2D eigenvalue weighted by molar-refractivity contribution is -0.117. The van der Waals surface area contributed by atoms with Crippen LogP contribution in [0, 0.1) is 11.6 Å². The van der Waals surface area contributed by atoms with Crippen molar-refractivity contribution >= 4 is 18.3 Å². The second-order valence-electron chi connectivity index (χ2n) is 6.23. The molecule has 0 aromatic heterocycles. The number of para-hydroxylation sites is 1. The van der Waals surface area contributed by atoms with E-state index in [4.69, 9.17) is 4.74 Å². The summed E-state index contributed by atoms with van der Waals surface area (Å²) >= 11 is 0. The Balaban J connectivity index is 0.000000717. The number of benzene rings is 2. The van der Waals surface area contributed by atoms with Crippen molar-refractivity contribution in [1.82, 2.24) is 4.90 Å². The minimum absolute atomic E-state index is 0.178. The molecule has 0 saturated heterocycles. The van der Waals surface area contributed by atoms with E-state index in [1.54, 1.807) is 20.4 Å². The van der Waals surface area contributed by atoms with Crippen LogP contribution in [0.3, 0.4) is 0 Å². The number of carbonyl (C=O) groups is 1. The highest BCUT2D eigenvalue weighted by atomic mass is 19.2. The summed E-state index contributed by atoms with van der Waals surface area (Å²) in [6.07, 6.45) is 2.62. The molecular formula is C24H33F2N3O3. The van der Waals surface area contributed by atoms with Gasteiger partial charge in [-0.05, 0) is 43.8 Å². The fourth-order valence-electron chi connectivity index (χ4n) is 2.31. The average Bonchev–Trinajstić information content (AvgIpc) is 2.82. The van der Waals surface area contributed by atoms with Crippen molar-refractivity contribution in [2.45, 2.75) is 20.3 Å². The summed E-state index contributed by atoms with van der Waals surface area (Å²) in [6.45, 7) is 8.66. The maximum Gasteiger partial charge on any atom is 0.312 e. The molecule has 0 unspecified atom stereocenters. The number of ether oxygens (including phenoxy) is 2. The number of amides is 1. The topological polar surface area (TPSA) is 63.2 Å². The van der Waals surface area contributed by atoms with Crippen molar-refractivity contribution in [1.29, 1.82) is 0 Å². The Bertz CT molecular complexity index is 824. The normalized spacial score (nSPS) is 10.0. The molecule has 2 rings (SSSR count). The van der Waals surface area contributed by atoms with E-state index in [1.165, 1.54) is 24.8 Å². The SMILES string of the molecule is C=NC(=O)/C(=C\N(CC)CNc1ccccc1CC)OC.COC.Fc1ccccc1F. The lowest BCUT2D eigenvalue weighted by atomic mass is 10.1. The van der Waals surface area contributed by atoms with E-state index in [0.29, 0.717) is 6.67 Å². The molecule has 0 heterocycles. The van der Waals surface area contributed by atoms with Crippen molar-refractivity contribution in [3.63, 3.8) is 0 Å². The van der Waals surface area contributed by atoms with Crippen LogP contribution < -0.4 is 5.32 Å². The molecule has 8 heteroatoms. The minimum Gasteiger partial charge on any atom is -0.490 e. The van der Waals surface area contributed by atoms with Gasteiger partial charge in [-0.15, -0.1) is 0 Å². The van der Waals surface area contributed by atoms with Gasteiger partial charge in [0.25, 0.3) is 0 Å². The fraction of sp³-hybridized carbons (Fsp3) is 0.333. The second-order valence-corrected chi connectivity index (χ2v) is 6.23. The average molecular weight is 450 g/mol. The van der Waals surface area contributed by atoms with Gasteiger partial charge in [-0.2, -0.15) is 0 Å². The van der Waals surface area contributed by atoms with Crippen molar-refractivity contribution in [3.05, 3.63) is 77.7 Å². The molecule has 0 bridgehead atoms. The Labute approximate surface area is 189 Å². The smallest absolute Gasteiger partial charge is 0.312 e. The van der Waals surface area contributed by atoms with E-state index in [2.05, 4.69) is 34.8 Å². The summed E-state index contributed by atoms with van der Waals surface area (Å²) in [6, 6.07) is 13.2. The molecule has 32 heavy (non-hydrogen) atoms. The van der Waals surface area contributed by atoms with Gasteiger partial charge in [0.2, 0.25) is 5.76 Å². The quantitative estimate of drug-likeness (QED) is 0.269. The first kappa shape index (κ1) is 28.7. The fourth-order valence-corrected chi connectivity index (χ4v) is 2.31. The van der Waals surface area contributed by atoms with Crippen LogP contribution in [0.1, 0.15) is 19.4 Å². The van der Waals surface area contributed by atoms with Crippen LogP contribution >= 0.6 is 0 Å². The number of methoxy groups -OCH3 is 2. The summed E-state index contributed by atoms with van der Waals surface area (Å²) in [7, 11) is 4.70. The van der Waals surface area contributed by atoms with Gasteiger partial charge >= 0.3 is 5.91 Å². The Kier molecular flexibility index (Phi) is 15.6. The minimum atomic E-state index is -0.799. The van der Waals surface area contributed by atoms with Crippen molar-refractivity contribution in [3.8, 4) is 0 Å². The van der Waals surface area contributed by atoms with E-state index in [0.717, 1.165) is 30.8 Å². The molecular weight excluding hydrogens is 416 g/mol. The van der Waals surface area contributed by atoms with Crippen LogP contribution in [0.15, 0.2) is 65.5 Å². The predicted octanol–water partition coefficient (Wildman–Crippen LogP) is 4.88. The summed E-state index contributed by atoms with van der Waals surface area (Å²) in [5, 5.41) is 3.37. The highest BCUT2D eigenvalue weighted by molar-refractivity contribution is 5.94. The largest absolute Gasteiger partial charge is 0.490 e. The van der Waals surface area contributed by atoms with Crippen LogP contribution in [0.4, 0.5) is 14.5 Å². The molecule has 1 amide bonds. The van der Waals surface area contributed by atoms with Gasteiger partial charge in [-0.3, -0.25) is 4.79 Å². The zero-order chi connectivity index (χ0) is 24.4. The third kappa shape index (κ3) is 11.2. The molecule has 2 aromatic rings. The highest BCUT2D eigenvalue weighted by Gasteiger charge is 2.09. The van der Waals surface area contributed by atoms with Gasteiger partial charge < -0.3 is 19.7 Å². The van der Waals surface area contributed by atoms with Crippen molar-refractivity contribution < 1.29 is 23.0 Å². The number of rotatable bonds is 8. The molecule has 0 saturated carbocycles. The maximum atomic E-state index is 11.9. The van der Waals surface area contributed by atoms with Crippen LogP contribution in [-0.4, -0.2) is 52.1 Å². The molecule has 0 radical (unpaired) electrons. The standard InChI is InChI=1S/C16H23N3O2.C6H4F2.C2H6O/c1-5-13-9-7-8-10-14(13)18-12-19(6-2)11-15(21-4)16(20)17-3;7-5-3-1-2-4-6(5)8;1-3-2/h7-11,18H,3,5-6,12H2,1-2,4H3;1-4H;1-2H3/b15-11+;;. The number of aliphatic imine (C=N–C) groups is 1. The number of hydrogen-bond acceptors (Lipinski definition) is 5. The third-order valence-corrected chi connectivity index (χ3v) is 3.98. The monoisotopic (exact) mass is 449 g/mol. The van der Waals surface area contributed by atoms with Gasteiger partial charge in [0.05, 0.1) is 13.8 Å². The van der Waals surface area contributed by atoms with Gasteiger partial charge in [0.15, 0.2) is 11.6 Å². The molecule has 2 aromatic carbocycles. The van der Waals surface area contributed by atoms with E-state index in [1.807, 2.05) is 30.0 Å². The number of anilines is 1. The zero-order valence-corrected chi connectivity index (χ0v) is 19.4. The van der Waals surface area contributed by atoms with Gasteiger partial charge in [0, 0.05) is 32.7 Å². The number of carbonyl (C=O) groups excluding carboxylic acids is 1. The Morgan fingerprint density at radius 3 is 2.03 bits per heavy atom. The Morgan fingerprint density at radius 2 is 1.59 bits per heavy atom. The molecule has 176 valence electrons. The molecule has 0 atom stereocenters.